The van der Waals surface area contributed by atoms with Crippen LogP contribution in [-0.4, -0.2) is 36.0 Å². The number of esters is 1. The average molecular weight is 420 g/mol. The lowest BCUT2D eigenvalue weighted by molar-refractivity contribution is -0.149. The summed E-state index contributed by atoms with van der Waals surface area (Å²) in [5.41, 5.74) is 1.40. The molecule has 0 N–H and O–H groups in total. The van der Waals surface area contributed by atoms with E-state index in [0.717, 1.165) is 17.5 Å². The van der Waals surface area contributed by atoms with Gasteiger partial charge in [0.15, 0.2) is 0 Å². The van der Waals surface area contributed by atoms with Crippen molar-refractivity contribution < 1.29 is 14.3 Å². The molecule has 2 aromatic carbocycles. The Morgan fingerprint density at radius 2 is 1.63 bits per heavy atom. The first-order valence-electron chi connectivity index (χ1n) is 10.3. The summed E-state index contributed by atoms with van der Waals surface area (Å²) >= 11 is 1.40. The minimum Gasteiger partial charge on any atom is -0.464 e. The van der Waals surface area contributed by atoms with Gasteiger partial charge in [0.05, 0.1) is 16.9 Å². The van der Waals surface area contributed by atoms with Crippen LogP contribution in [0.2, 0.25) is 0 Å². The summed E-state index contributed by atoms with van der Waals surface area (Å²) in [6.45, 7) is 2.81. The Hall–Kier alpha value is -2.92. The van der Waals surface area contributed by atoms with Gasteiger partial charge in [-0.3, -0.25) is 4.79 Å². The van der Waals surface area contributed by atoms with Crippen LogP contribution in [0.3, 0.4) is 0 Å². The smallest absolute Gasteiger partial charge is 0.330 e. The number of hydrogen-bond acceptors (Lipinski definition) is 4. The van der Waals surface area contributed by atoms with E-state index < -0.39 is 11.5 Å². The Morgan fingerprint density at radius 1 is 1.00 bits per heavy atom. The molecule has 1 aliphatic rings. The van der Waals surface area contributed by atoms with Crippen molar-refractivity contribution in [2.75, 3.05) is 13.2 Å². The molecule has 0 bridgehead atoms. The van der Waals surface area contributed by atoms with Gasteiger partial charge in [-0.1, -0.05) is 73.7 Å². The molecule has 1 saturated heterocycles. The van der Waals surface area contributed by atoms with E-state index in [4.69, 9.17) is 4.74 Å². The van der Waals surface area contributed by atoms with Crippen molar-refractivity contribution in [3.8, 4) is 0 Å². The van der Waals surface area contributed by atoms with Gasteiger partial charge in [0.2, 0.25) is 0 Å². The molecule has 30 heavy (non-hydrogen) atoms. The molecule has 0 saturated carbocycles. The lowest BCUT2D eigenvalue weighted by Gasteiger charge is -2.37. The van der Waals surface area contributed by atoms with Crippen LogP contribution < -0.4 is 0 Å². The first-order valence-corrected chi connectivity index (χ1v) is 11.2. The number of carbonyl (C=O) groups excluding carboxylic acids is 2. The van der Waals surface area contributed by atoms with Crippen LogP contribution >= 0.6 is 11.3 Å². The largest absolute Gasteiger partial charge is 0.464 e. The number of thiophene rings is 1. The van der Waals surface area contributed by atoms with Gasteiger partial charge in [-0.25, -0.2) is 4.79 Å². The quantitative estimate of drug-likeness (QED) is 0.534. The Kier molecular flexibility index (Phi) is 6.00. The fourth-order valence-corrected chi connectivity index (χ4v) is 5.12. The lowest BCUT2D eigenvalue weighted by atomic mass is 9.69. The Balaban J connectivity index is 1.87. The number of nitrogens with zero attached hydrogens (tertiary/aromatic N) is 1. The summed E-state index contributed by atoms with van der Waals surface area (Å²) in [7, 11) is 0. The normalized spacial score (nSPS) is 17.6. The molecular weight excluding hydrogens is 394 g/mol. The molecule has 154 valence electrons. The fraction of sp³-hybridized carbons (Fsp3) is 0.280. The summed E-state index contributed by atoms with van der Waals surface area (Å²) in [6, 6.07) is 23.0. The number of carbonyl (C=O) groups is 2. The van der Waals surface area contributed by atoms with Crippen molar-refractivity contribution in [2.45, 2.75) is 31.2 Å². The number of likely N-dealkylation sites (tertiary alicyclic amines) is 1. The molecule has 4 nitrogen and oxygen atoms in total. The zero-order valence-corrected chi connectivity index (χ0v) is 17.8. The molecule has 0 radical (unpaired) electrons. The maximum atomic E-state index is 13.4. The van der Waals surface area contributed by atoms with Gasteiger partial charge in [-0.2, -0.15) is 0 Å². The van der Waals surface area contributed by atoms with Gasteiger partial charge in [-0.15, -0.1) is 11.3 Å². The van der Waals surface area contributed by atoms with E-state index in [0.29, 0.717) is 24.4 Å². The second-order valence-electron chi connectivity index (χ2n) is 7.50. The molecule has 3 aromatic rings. The third-order valence-electron chi connectivity index (χ3n) is 5.77. The van der Waals surface area contributed by atoms with Crippen LogP contribution in [0.25, 0.3) is 0 Å². The molecule has 1 aliphatic heterocycles. The highest BCUT2D eigenvalue weighted by Gasteiger charge is 2.55. The number of ether oxygens (including phenoxy) is 1. The highest BCUT2D eigenvalue weighted by Crippen LogP contribution is 2.46. The van der Waals surface area contributed by atoms with E-state index in [-0.39, 0.29) is 11.9 Å². The van der Waals surface area contributed by atoms with E-state index >= 15 is 0 Å². The number of benzene rings is 2. The molecule has 0 unspecified atom stereocenters. The first kappa shape index (κ1) is 20.4. The highest BCUT2D eigenvalue weighted by molar-refractivity contribution is 7.12. The van der Waals surface area contributed by atoms with E-state index in [1.807, 2.05) is 85.1 Å². The van der Waals surface area contributed by atoms with Crippen LogP contribution in [0.1, 0.15) is 40.6 Å². The fourth-order valence-electron chi connectivity index (χ4n) is 4.44. The zero-order chi connectivity index (χ0) is 21.0. The molecule has 0 aliphatic carbocycles. The van der Waals surface area contributed by atoms with Gasteiger partial charge >= 0.3 is 5.97 Å². The topological polar surface area (TPSA) is 46.6 Å². The zero-order valence-electron chi connectivity index (χ0n) is 17.0. The summed E-state index contributed by atoms with van der Waals surface area (Å²) < 4.78 is 5.64. The summed E-state index contributed by atoms with van der Waals surface area (Å²) in [6.07, 6.45) is 1.39. The second kappa shape index (κ2) is 8.84. The van der Waals surface area contributed by atoms with Crippen molar-refractivity contribution >= 4 is 23.2 Å². The van der Waals surface area contributed by atoms with Gasteiger partial charge in [0.25, 0.3) is 5.91 Å². The van der Waals surface area contributed by atoms with Gasteiger partial charge < -0.3 is 9.64 Å². The van der Waals surface area contributed by atoms with Gasteiger partial charge in [-0.05, 0) is 35.4 Å². The highest BCUT2D eigenvalue weighted by atomic mass is 32.1. The number of rotatable bonds is 6. The maximum absolute atomic E-state index is 13.4. The van der Waals surface area contributed by atoms with Crippen LogP contribution in [0, 0.1) is 0 Å². The van der Waals surface area contributed by atoms with Gasteiger partial charge in [0, 0.05) is 6.54 Å². The van der Waals surface area contributed by atoms with Gasteiger partial charge in [0.1, 0.15) is 6.04 Å². The van der Waals surface area contributed by atoms with E-state index in [1.165, 1.54) is 11.3 Å². The third kappa shape index (κ3) is 3.54. The van der Waals surface area contributed by atoms with E-state index in [9.17, 15) is 9.59 Å². The van der Waals surface area contributed by atoms with Crippen LogP contribution in [-0.2, 0) is 14.9 Å². The molecule has 1 atom stereocenters. The molecule has 1 aromatic heterocycles. The molecule has 5 heteroatoms. The lowest BCUT2D eigenvalue weighted by Crippen LogP contribution is -2.51. The summed E-state index contributed by atoms with van der Waals surface area (Å²) in [5, 5.41) is 1.88. The summed E-state index contributed by atoms with van der Waals surface area (Å²) in [4.78, 5) is 29.2. The molecule has 2 heterocycles. The van der Waals surface area contributed by atoms with Crippen molar-refractivity contribution in [3.05, 3.63) is 94.2 Å². The number of amides is 1. The predicted octanol–water partition coefficient (Wildman–Crippen LogP) is 4.90. The van der Waals surface area contributed by atoms with Crippen molar-refractivity contribution in [3.63, 3.8) is 0 Å². The van der Waals surface area contributed by atoms with E-state index in [2.05, 4.69) is 0 Å². The molecular formula is C25H25NO3S. The molecule has 1 amide bonds. The minimum atomic E-state index is -0.719. The van der Waals surface area contributed by atoms with Crippen LogP contribution in [0.4, 0.5) is 0 Å². The van der Waals surface area contributed by atoms with E-state index in [1.54, 1.807) is 4.90 Å². The SMILES string of the molecule is CCCOC(=O)[C@H]1N(C(=O)c2cccs2)CCC1(c1ccccc1)c1ccccc1. The summed E-state index contributed by atoms with van der Waals surface area (Å²) in [5.74, 6) is -0.454. The Labute approximate surface area is 181 Å². The minimum absolute atomic E-state index is 0.114. The average Bonchev–Trinajstić information content (AvgIpc) is 3.47. The molecule has 0 spiro atoms. The second-order valence-corrected chi connectivity index (χ2v) is 8.45. The van der Waals surface area contributed by atoms with Crippen molar-refractivity contribution in [1.29, 1.82) is 0 Å². The molecule has 1 fully saturated rings. The van der Waals surface area contributed by atoms with Crippen molar-refractivity contribution in [1.82, 2.24) is 4.90 Å². The predicted molar refractivity (Wildman–Crippen MR) is 119 cm³/mol. The van der Waals surface area contributed by atoms with Crippen LogP contribution in [0.15, 0.2) is 78.2 Å². The Bertz CT molecular complexity index is 946. The monoisotopic (exact) mass is 419 g/mol. The standard InChI is InChI=1S/C25H25NO3S/c1-2-17-29-24(28)22-25(19-10-5-3-6-11-19,20-12-7-4-8-13-20)15-16-26(22)23(27)21-14-9-18-30-21/h3-14,18,22H,2,15-17H2,1H3/t22-/m1/s1. The Morgan fingerprint density at radius 3 is 2.17 bits per heavy atom. The maximum Gasteiger partial charge on any atom is 0.330 e. The van der Waals surface area contributed by atoms with Crippen LogP contribution in [0.5, 0.6) is 0 Å². The first-order chi connectivity index (χ1) is 14.7. The molecule has 4 rings (SSSR count). The number of hydrogen-bond donors (Lipinski definition) is 0. The van der Waals surface area contributed by atoms with Crippen molar-refractivity contribution in [2.24, 2.45) is 0 Å². The third-order valence-corrected chi connectivity index (χ3v) is 6.63.